The Labute approximate surface area is 114 Å². The van der Waals surface area contributed by atoms with Gasteiger partial charge in [0.25, 0.3) is 0 Å². The van der Waals surface area contributed by atoms with E-state index < -0.39 is 0 Å². The second kappa shape index (κ2) is 6.01. The van der Waals surface area contributed by atoms with Crippen LogP contribution in [0.15, 0.2) is 53.3 Å². The number of hydrogen-bond donors (Lipinski definition) is 1. The molecule has 0 spiro atoms. The quantitative estimate of drug-likeness (QED) is 0.723. The number of hydrogen-bond acceptors (Lipinski definition) is 1. The third-order valence-corrected chi connectivity index (χ3v) is 2.72. The summed E-state index contributed by atoms with van der Waals surface area (Å²) in [5.74, 6) is 0. The van der Waals surface area contributed by atoms with Crippen molar-refractivity contribution >= 4 is 21.6 Å². The summed E-state index contributed by atoms with van der Waals surface area (Å²) in [6.07, 6.45) is 3.97. The van der Waals surface area contributed by atoms with Gasteiger partial charge in [0.2, 0.25) is 0 Å². The van der Waals surface area contributed by atoms with Crippen LogP contribution in [0.3, 0.4) is 0 Å². The largest absolute Gasteiger partial charge is 1.00 e. The van der Waals surface area contributed by atoms with Crippen LogP contribution in [-0.4, -0.2) is 0 Å². The van der Waals surface area contributed by atoms with E-state index in [2.05, 4.69) is 32.6 Å². The van der Waals surface area contributed by atoms with E-state index in [1.807, 2.05) is 36.7 Å². The van der Waals surface area contributed by atoms with Crippen LogP contribution in [0.4, 0.5) is 5.69 Å². The number of halogens is 2. The van der Waals surface area contributed by atoms with E-state index in [0.29, 0.717) is 0 Å². The van der Waals surface area contributed by atoms with Gasteiger partial charge in [-0.3, -0.25) is 0 Å². The summed E-state index contributed by atoms with van der Waals surface area (Å²) in [4.78, 5) is 0. The maximum Gasteiger partial charge on any atom is 0.173 e. The second-order valence-electron chi connectivity index (χ2n) is 3.43. The molecule has 0 saturated carbocycles. The summed E-state index contributed by atoms with van der Waals surface area (Å²) >= 11 is 3.42. The predicted molar refractivity (Wildman–Crippen MR) is 64.3 cm³/mol. The van der Waals surface area contributed by atoms with Gasteiger partial charge in [-0.15, -0.1) is 0 Å². The summed E-state index contributed by atoms with van der Waals surface area (Å²) in [5, 5.41) is 0. The SMILES string of the molecule is Nc1cc[n+](Cc2ccc(Br)cc2)cc1.[Br-]. The number of nitrogens with two attached hydrogens (primary N) is 1. The monoisotopic (exact) mass is 342 g/mol. The first-order chi connectivity index (χ1) is 7.24. The van der Waals surface area contributed by atoms with E-state index >= 15 is 0 Å². The molecular formula is C12H12Br2N2. The lowest BCUT2D eigenvalue weighted by molar-refractivity contribution is -0.688. The van der Waals surface area contributed by atoms with E-state index in [1.54, 1.807) is 0 Å². The van der Waals surface area contributed by atoms with Crippen molar-refractivity contribution in [3.8, 4) is 0 Å². The fraction of sp³-hybridized carbons (Fsp3) is 0.0833. The Morgan fingerprint density at radius 1 is 1.00 bits per heavy atom. The van der Waals surface area contributed by atoms with Crippen molar-refractivity contribution in [3.63, 3.8) is 0 Å². The topological polar surface area (TPSA) is 29.9 Å². The fourth-order valence-electron chi connectivity index (χ4n) is 1.37. The van der Waals surface area contributed by atoms with Crippen LogP contribution in [0.2, 0.25) is 0 Å². The highest BCUT2D eigenvalue weighted by atomic mass is 79.9. The highest BCUT2D eigenvalue weighted by molar-refractivity contribution is 9.10. The lowest BCUT2D eigenvalue weighted by Crippen LogP contribution is -3.00. The van der Waals surface area contributed by atoms with Crippen molar-refractivity contribution in [2.75, 3.05) is 5.73 Å². The maximum absolute atomic E-state index is 5.62. The molecule has 2 rings (SSSR count). The van der Waals surface area contributed by atoms with Gasteiger partial charge in [-0.05, 0) is 12.1 Å². The Kier molecular flexibility index (Phi) is 4.96. The van der Waals surface area contributed by atoms with Gasteiger partial charge in [0.15, 0.2) is 18.9 Å². The zero-order valence-electron chi connectivity index (χ0n) is 8.61. The van der Waals surface area contributed by atoms with Crippen LogP contribution in [0.1, 0.15) is 5.56 Å². The van der Waals surface area contributed by atoms with Gasteiger partial charge in [-0.1, -0.05) is 28.1 Å². The van der Waals surface area contributed by atoms with E-state index in [-0.39, 0.29) is 17.0 Å². The van der Waals surface area contributed by atoms with Crippen LogP contribution >= 0.6 is 15.9 Å². The Morgan fingerprint density at radius 3 is 2.12 bits per heavy atom. The number of nitrogens with zero attached hydrogens (tertiary/aromatic N) is 1. The van der Waals surface area contributed by atoms with Gasteiger partial charge < -0.3 is 22.7 Å². The van der Waals surface area contributed by atoms with E-state index in [4.69, 9.17) is 5.73 Å². The highest BCUT2D eigenvalue weighted by Crippen LogP contribution is 2.10. The molecule has 2 aromatic rings. The lowest BCUT2D eigenvalue weighted by Gasteiger charge is -1.98. The van der Waals surface area contributed by atoms with Crippen molar-refractivity contribution in [2.45, 2.75) is 6.54 Å². The van der Waals surface area contributed by atoms with Crippen LogP contribution in [0, 0.1) is 0 Å². The summed E-state index contributed by atoms with van der Waals surface area (Å²) < 4.78 is 3.20. The first-order valence-electron chi connectivity index (χ1n) is 4.73. The molecule has 1 heterocycles. The molecule has 0 saturated heterocycles. The third-order valence-electron chi connectivity index (χ3n) is 2.20. The van der Waals surface area contributed by atoms with Crippen LogP contribution < -0.4 is 27.3 Å². The number of anilines is 1. The van der Waals surface area contributed by atoms with Gasteiger partial charge in [0, 0.05) is 27.9 Å². The van der Waals surface area contributed by atoms with Crippen molar-refractivity contribution in [1.29, 1.82) is 0 Å². The second-order valence-corrected chi connectivity index (χ2v) is 4.35. The first kappa shape index (κ1) is 13.2. The first-order valence-corrected chi connectivity index (χ1v) is 5.52. The number of pyridine rings is 1. The number of nitrogen functional groups attached to an aromatic ring is 1. The lowest BCUT2D eigenvalue weighted by atomic mass is 10.2. The molecule has 0 atom stereocenters. The van der Waals surface area contributed by atoms with E-state index in [0.717, 1.165) is 16.7 Å². The highest BCUT2D eigenvalue weighted by Gasteiger charge is 2.01. The molecule has 0 aliphatic carbocycles. The molecule has 1 aromatic carbocycles. The predicted octanol–water partition coefficient (Wildman–Crippen LogP) is -0.629. The average Bonchev–Trinajstić information content (AvgIpc) is 2.25. The molecule has 2 nitrogen and oxygen atoms in total. The molecule has 0 fully saturated rings. The van der Waals surface area contributed by atoms with Crippen LogP contribution in [0.25, 0.3) is 0 Å². The summed E-state index contributed by atoms with van der Waals surface area (Å²) in [5.41, 5.74) is 7.69. The summed E-state index contributed by atoms with van der Waals surface area (Å²) in [7, 11) is 0. The molecule has 1 aromatic heterocycles. The molecule has 2 N–H and O–H groups in total. The molecule has 0 radical (unpaired) electrons. The summed E-state index contributed by atoms with van der Waals surface area (Å²) in [6, 6.07) is 12.1. The minimum absolute atomic E-state index is 0. The van der Waals surface area contributed by atoms with Crippen molar-refractivity contribution < 1.29 is 21.5 Å². The molecular weight excluding hydrogens is 332 g/mol. The van der Waals surface area contributed by atoms with Gasteiger partial charge in [0.05, 0.1) is 0 Å². The Balaban J connectivity index is 0.00000128. The van der Waals surface area contributed by atoms with Gasteiger partial charge >= 0.3 is 0 Å². The molecule has 0 amide bonds. The standard InChI is InChI=1S/C12H11BrN2.BrH/c13-11-3-1-10(2-4-11)9-15-7-5-12(14)6-8-15;/h1-8,14H,9H2;1H. The minimum atomic E-state index is 0. The van der Waals surface area contributed by atoms with Crippen molar-refractivity contribution in [2.24, 2.45) is 0 Å². The summed E-state index contributed by atoms with van der Waals surface area (Å²) in [6.45, 7) is 0.869. The van der Waals surface area contributed by atoms with E-state index in [9.17, 15) is 0 Å². The third kappa shape index (κ3) is 3.61. The van der Waals surface area contributed by atoms with Crippen molar-refractivity contribution in [3.05, 3.63) is 58.8 Å². The average molecular weight is 344 g/mol. The molecule has 84 valence electrons. The molecule has 16 heavy (non-hydrogen) atoms. The number of rotatable bonds is 2. The Bertz CT molecular complexity index is 394. The number of benzene rings is 1. The normalized spacial score (nSPS) is 9.56. The smallest absolute Gasteiger partial charge is 0.173 e. The number of aromatic nitrogens is 1. The molecule has 0 aliphatic heterocycles. The molecule has 4 heteroatoms. The Hall–Kier alpha value is -0.870. The van der Waals surface area contributed by atoms with Gasteiger partial charge in [-0.2, -0.15) is 0 Å². The minimum Gasteiger partial charge on any atom is -1.00 e. The van der Waals surface area contributed by atoms with Crippen LogP contribution in [0.5, 0.6) is 0 Å². The van der Waals surface area contributed by atoms with Crippen molar-refractivity contribution in [1.82, 2.24) is 0 Å². The fourth-order valence-corrected chi connectivity index (χ4v) is 1.64. The molecule has 0 aliphatic rings. The Morgan fingerprint density at radius 2 is 1.56 bits per heavy atom. The van der Waals surface area contributed by atoms with Gasteiger partial charge in [-0.25, -0.2) is 4.57 Å². The van der Waals surface area contributed by atoms with Gasteiger partial charge in [0.1, 0.15) is 0 Å². The zero-order chi connectivity index (χ0) is 10.7. The molecule has 0 bridgehead atoms. The zero-order valence-corrected chi connectivity index (χ0v) is 11.8. The maximum atomic E-state index is 5.62. The van der Waals surface area contributed by atoms with Crippen LogP contribution in [-0.2, 0) is 6.54 Å². The van der Waals surface area contributed by atoms with E-state index in [1.165, 1.54) is 5.56 Å². The molecule has 0 unspecified atom stereocenters.